The molecule has 1 aromatic carbocycles. The van der Waals surface area contributed by atoms with Gasteiger partial charge in [-0.25, -0.2) is 4.79 Å². The normalized spacial score (nSPS) is 10.7. The van der Waals surface area contributed by atoms with E-state index < -0.39 is 11.9 Å². The maximum absolute atomic E-state index is 12.4. The van der Waals surface area contributed by atoms with E-state index in [0.717, 1.165) is 41.1 Å². The van der Waals surface area contributed by atoms with Crippen molar-refractivity contribution in [3.63, 3.8) is 0 Å². The molecule has 6 heteroatoms. The SMILES string of the molecule is CCCc1c(-c2ccc(C(=O)OC)cc2)c(C(N)=O)c(C)n1Cc1ccccn1. The van der Waals surface area contributed by atoms with Crippen LogP contribution in [0.4, 0.5) is 0 Å². The molecule has 3 rings (SSSR count). The summed E-state index contributed by atoms with van der Waals surface area (Å²) in [4.78, 5) is 28.6. The molecule has 0 fully saturated rings. The molecule has 0 spiro atoms. The predicted molar refractivity (Wildman–Crippen MR) is 112 cm³/mol. The number of aromatic nitrogens is 2. The van der Waals surface area contributed by atoms with Crippen LogP contribution in [0.3, 0.4) is 0 Å². The van der Waals surface area contributed by atoms with E-state index in [1.165, 1.54) is 7.11 Å². The van der Waals surface area contributed by atoms with Gasteiger partial charge in [0.05, 0.1) is 30.5 Å². The Balaban J connectivity index is 2.18. The summed E-state index contributed by atoms with van der Waals surface area (Å²) in [7, 11) is 1.35. The molecule has 0 aliphatic carbocycles. The van der Waals surface area contributed by atoms with Crippen molar-refractivity contribution < 1.29 is 14.3 Å². The minimum absolute atomic E-state index is 0.399. The molecular formula is C23H25N3O3. The van der Waals surface area contributed by atoms with E-state index in [1.54, 1.807) is 18.3 Å². The van der Waals surface area contributed by atoms with Crippen molar-refractivity contribution >= 4 is 11.9 Å². The van der Waals surface area contributed by atoms with E-state index in [1.807, 2.05) is 37.3 Å². The van der Waals surface area contributed by atoms with Gasteiger partial charge < -0.3 is 15.0 Å². The minimum Gasteiger partial charge on any atom is -0.465 e. The van der Waals surface area contributed by atoms with E-state index in [-0.39, 0.29) is 0 Å². The topological polar surface area (TPSA) is 87.2 Å². The minimum atomic E-state index is -0.466. The van der Waals surface area contributed by atoms with Gasteiger partial charge in [-0.1, -0.05) is 31.5 Å². The molecule has 6 nitrogen and oxygen atoms in total. The first-order valence-corrected chi connectivity index (χ1v) is 9.58. The highest BCUT2D eigenvalue weighted by Gasteiger charge is 2.24. The van der Waals surface area contributed by atoms with Crippen molar-refractivity contribution in [2.24, 2.45) is 5.73 Å². The van der Waals surface area contributed by atoms with Gasteiger partial charge in [0.15, 0.2) is 0 Å². The first-order chi connectivity index (χ1) is 14.0. The van der Waals surface area contributed by atoms with Crippen LogP contribution < -0.4 is 5.73 Å². The van der Waals surface area contributed by atoms with Crippen molar-refractivity contribution in [2.45, 2.75) is 33.2 Å². The maximum Gasteiger partial charge on any atom is 0.337 e. The van der Waals surface area contributed by atoms with Gasteiger partial charge in [0.1, 0.15) is 0 Å². The number of carbonyl (C=O) groups excluding carboxylic acids is 2. The number of rotatable bonds is 7. The number of pyridine rings is 1. The van der Waals surface area contributed by atoms with E-state index in [2.05, 4.69) is 16.5 Å². The summed E-state index contributed by atoms with van der Waals surface area (Å²) in [6, 6.07) is 12.9. The van der Waals surface area contributed by atoms with Crippen molar-refractivity contribution in [3.8, 4) is 11.1 Å². The van der Waals surface area contributed by atoms with Crippen LogP contribution in [-0.4, -0.2) is 28.5 Å². The fourth-order valence-corrected chi connectivity index (χ4v) is 3.67. The van der Waals surface area contributed by atoms with Crippen molar-refractivity contribution in [1.29, 1.82) is 0 Å². The third kappa shape index (κ3) is 4.06. The summed E-state index contributed by atoms with van der Waals surface area (Å²) >= 11 is 0. The molecule has 0 bridgehead atoms. The number of esters is 1. The van der Waals surface area contributed by atoms with Crippen LogP contribution in [0, 0.1) is 6.92 Å². The van der Waals surface area contributed by atoms with Crippen LogP contribution in [0.15, 0.2) is 48.7 Å². The molecule has 0 radical (unpaired) electrons. The Hall–Kier alpha value is -3.41. The van der Waals surface area contributed by atoms with Crippen LogP contribution >= 0.6 is 0 Å². The maximum atomic E-state index is 12.4. The number of amides is 1. The molecule has 0 saturated carbocycles. The Labute approximate surface area is 170 Å². The Kier molecular flexibility index (Phi) is 6.12. The quantitative estimate of drug-likeness (QED) is 0.622. The largest absolute Gasteiger partial charge is 0.465 e. The number of benzene rings is 1. The van der Waals surface area contributed by atoms with Crippen LogP contribution in [0.2, 0.25) is 0 Å². The highest BCUT2D eigenvalue weighted by atomic mass is 16.5. The summed E-state index contributed by atoms with van der Waals surface area (Å²) in [5, 5.41) is 0. The summed E-state index contributed by atoms with van der Waals surface area (Å²) in [5.74, 6) is -0.865. The molecule has 2 N–H and O–H groups in total. The molecular weight excluding hydrogens is 366 g/mol. The standard InChI is InChI=1S/C23H25N3O3/c1-4-7-19-21(16-9-11-17(12-10-16)23(28)29-3)20(22(24)27)15(2)26(19)14-18-8-5-6-13-25-18/h5-6,8-13H,4,7,14H2,1-3H3,(H2,24,27). The Morgan fingerprint density at radius 1 is 1.14 bits per heavy atom. The lowest BCUT2D eigenvalue weighted by Gasteiger charge is -2.12. The average molecular weight is 391 g/mol. The summed E-state index contributed by atoms with van der Waals surface area (Å²) in [6.07, 6.45) is 3.46. The average Bonchev–Trinajstić information content (AvgIpc) is 3.00. The molecule has 3 aromatic rings. The zero-order chi connectivity index (χ0) is 21.0. The van der Waals surface area contributed by atoms with Crippen molar-refractivity contribution in [1.82, 2.24) is 9.55 Å². The lowest BCUT2D eigenvalue weighted by molar-refractivity contribution is 0.0600. The summed E-state index contributed by atoms with van der Waals surface area (Å²) in [5.41, 5.74) is 11.2. The van der Waals surface area contributed by atoms with Gasteiger partial charge in [-0.3, -0.25) is 9.78 Å². The van der Waals surface area contributed by atoms with Gasteiger partial charge in [0.2, 0.25) is 0 Å². The van der Waals surface area contributed by atoms with Crippen LogP contribution in [0.1, 0.15) is 51.1 Å². The number of primary amides is 1. The van der Waals surface area contributed by atoms with Crippen molar-refractivity contribution in [2.75, 3.05) is 7.11 Å². The molecule has 0 unspecified atom stereocenters. The lowest BCUT2D eigenvalue weighted by atomic mass is 9.97. The predicted octanol–water partition coefficient (Wildman–Crippen LogP) is 3.74. The second kappa shape index (κ2) is 8.73. The van der Waals surface area contributed by atoms with Gasteiger partial charge in [-0.15, -0.1) is 0 Å². The number of carbonyl (C=O) groups is 2. The Bertz CT molecular complexity index is 1020. The Morgan fingerprint density at radius 3 is 2.41 bits per heavy atom. The molecule has 150 valence electrons. The highest BCUT2D eigenvalue weighted by molar-refractivity contribution is 6.02. The highest BCUT2D eigenvalue weighted by Crippen LogP contribution is 2.34. The fraction of sp³-hybridized carbons (Fsp3) is 0.261. The van der Waals surface area contributed by atoms with Crippen LogP contribution in [0.25, 0.3) is 11.1 Å². The fourth-order valence-electron chi connectivity index (χ4n) is 3.67. The third-order valence-electron chi connectivity index (χ3n) is 5.01. The monoisotopic (exact) mass is 391 g/mol. The molecule has 2 heterocycles. The van der Waals surface area contributed by atoms with Crippen LogP contribution in [-0.2, 0) is 17.7 Å². The summed E-state index contributed by atoms with van der Waals surface area (Å²) < 4.78 is 6.89. The van der Waals surface area contributed by atoms with E-state index in [9.17, 15) is 9.59 Å². The van der Waals surface area contributed by atoms with E-state index in [0.29, 0.717) is 17.7 Å². The first-order valence-electron chi connectivity index (χ1n) is 9.58. The molecule has 0 aliphatic heterocycles. The van der Waals surface area contributed by atoms with E-state index >= 15 is 0 Å². The number of hydrogen-bond donors (Lipinski definition) is 1. The van der Waals surface area contributed by atoms with E-state index in [4.69, 9.17) is 10.5 Å². The smallest absolute Gasteiger partial charge is 0.337 e. The lowest BCUT2D eigenvalue weighted by Crippen LogP contribution is -2.14. The van der Waals surface area contributed by atoms with Gasteiger partial charge in [0, 0.05) is 23.1 Å². The second-order valence-corrected chi connectivity index (χ2v) is 6.87. The third-order valence-corrected chi connectivity index (χ3v) is 5.01. The van der Waals surface area contributed by atoms with Crippen molar-refractivity contribution in [3.05, 3.63) is 76.9 Å². The second-order valence-electron chi connectivity index (χ2n) is 6.87. The molecule has 29 heavy (non-hydrogen) atoms. The number of methoxy groups -OCH3 is 1. The molecule has 2 aromatic heterocycles. The van der Waals surface area contributed by atoms with Crippen LogP contribution in [0.5, 0.6) is 0 Å². The van der Waals surface area contributed by atoms with Gasteiger partial charge in [-0.2, -0.15) is 0 Å². The zero-order valence-electron chi connectivity index (χ0n) is 16.9. The molecule has 0 atom stereocenters. The number of nitrogens with zero attached hydrogens (tertiary/aromatic N) is 2. The molecule has 0 saturated heterocycles. The Morgan fingerprint density at radius 2 is 1.86 bits per heavy atom. The number of ether oxygens (including phenoxy) is 1. The van der Waals surface area contributed by atoms with Gasteiger partial charge in [0.25, 0.3) is 5.91 Å². The van der Waals surface area contributed by atoms with Gasteiger partial charge >= 0.3 is 5.97 Å². The number of hydrogen-bond acceptors (Lipinski definition) is 4. The number of nitrogens with two attached hydrogens (primary N) is 1. The molecule has 1 amide bonds. The molecule has 0 aliphatic rings. The van der Waals surface area contributed by atoms with Gasteiger partial charge in [-0.05, 0) is 43.2 Å². The zero-order valence-corrected chi connectivity index (χ0v) is 16.9. The summed E-state index contributed by atoms with van der Waals surface area (Å²) in [6.45, 7) is 4.57. The first kappa shape index (κ1) is 20.3.